The molecule has 0 spiro atoms. The molecule has 5 nitrogen and oxygen atoms in total. The zero-order chi connectivity index (χ0) is 19.5. The van der Waals surface area contributed by atoms with Crippen molar-refractivity contribution in [2.75, 3.05) is 33.4 Å². The molecular formula is C21H29BrN2O3. The SMILES string of the molecule is COc1cc(CNCCCNCCO)cc(Br)c1OCc1cccc(C)c1. The maximum Gasteiger partial charge on any atom is 0.175 e. The summed E-state index contributed by atoms with van der Waals surface area (Å²) in [5, 5.41) is 15.3. The van der Waals surface area contributed by atoms with E-state index in [0.29, 0.717) is 13.2 Å². The monoisotopic (exact) mass is 436 g/mol. The largest absolute Gasteiger partial charge is 0.493 e. The van der Waals surface area contributed by atoms with Crippen molar-refractivity contribution in [3.05, 3.63) is 57.6 Å². The Kier molecular flexibility index (Phi) is 9.62. The molecule has 0 unspecified atom stereocenters. The Morgan fingerprint density at radius 2 is 1.85 bits per heavy atom. The molecule has 0 amide bonds. The topological polar surface area (TPSA) is 62.8 Å². The second kappa shape index (κ2) is 12.0. The van der Waals surface area contributed by atoms with Gasteiger partial charge in [0.2, 0.25) is 0 Å². The van der Waals surface area contributed by atoms with Crippen LogP contribution in [0.25, 0.3) is 0 Å². The van der Waals surface area contributed by atoms with Gasteiger partial charge in [0.1, 0.15) is 6.61 Å². The number of benzene rings is 2. The molecule has 0 saturated heterocycles. The summed E-state index contributed by atoms with van der Waals surface area (Å²) in [6, 6.07) is 12.4. The van der Waals surface area contributed by atoms with E-state index in [0.717, 1.165) is 53.2 Å². The minimum Gasteiger partial charge on any atom is -0.493 e. The minimum absolute atomic E-state index is 0.180. The number of methoxy groups -OCH3 is 1. The Bertz CT molecular complexity index is 710. The second-order valence-electron chi connectivity index (χ2n) is 6.39. The standard InChI is InChI=1S/C21H29BrN2O3/c1-16-5-3-6-17(11-16)15-27-21-19(22)12-18(13-20(21)26-2)14-24-8-4-7-23-9-10-25/h3,5-6,11-13,23-25H,4,7-10,14-15H2,1-2H3. The molecule has 2 rings (SSSR count). The molecule has 27 heavy (non-hydrogen) atoms. The number of ether oxygens (including phenoxy) is 2. The molecule has 0 radical (unpaired) electrons. The molecule has 0 fully saturated rings. The van der Waals surface area contributed by atoms with Gasteiger partial charge >= 0.3 is 0 Å². The highest BCUT2D eigenvalue weighted by Gasteiger charge is 2.12. The first-order chi connectivity index (χ1) is 13.1. The first-order valence-electron chi connectivity index (χ1n) is 9.21. The average molecular weight is 437 g/mol. The predicted octanol–water partition coefficient (Wildman–Crippen LogP) is 3.41. The Balaban J connectivity index is 1.90. The molecule has 0 aromatic heterocycles. The van der Waals surface area contributed by atoms with Crippen LogP contribution in [0.3, 0.4) is 0 Å². The summed E-state index contributed by atoms with van der Waals surface area (Å²) in [6.07, 6.45) is 1.01. The molecule has 6 heteroatoms. The van der Waals surface area contributed by atoms with E-state index in [4.69, 9.17) is 14.6 Å². The van der Waals surface area contributed by atoms with E-state index in [9.17, 15) is 0 Å². The van der Waals surface area contributed by atoms with Crippen molar-refractivity contribution in [2.24, 2.45) is 0 Å². The molecule has 3 N–H and O–H groups in total. The molecule has 148 valence electrons. The van der Waals surface area contributed by atoms with Gasteiger partial charge in [-0.3, -0.25) is 0 Å². The van der Waals surface area contributed by atoms with Gasteiger partial charge in [0.05, 0.1) is 18.2 Å². The Labute approximate surface area is 170 Å². The Hall–Kier alpha value is -1.60. The zero-order valence-electron chi connectivity index (χ0n) is 16.1. The third-order valence-corrected chi connectivity index (χ3v) is 4.67. The van der Waals surface area contributed by atoms with Crippen LogP contribution < -0.4 is 20.1 Å². The van der Waals surface area contributed by atoms with Crippen molar-refractivity contribution in [3.63, 3.8) is 0 Å². The van der Waals surface area contributed by atoms with Crippen LogP contribution in [0.2, 0.25) is 0 Å². The third kappa shape index (κ3) is 7.50. The fourth-order valence-electron chi connectivity index (χ4n) is 2.75. The van der Waals surface area contributed by atoms with Crippen LogP contribution >= 0.6 is 15.9 Å². The Morgan fingerprint density at radius 1 is 1.04 bits per heavy atom. The molecule has 0 saturated carbocycles. The minimum atomic E-state index is 0.180. The fourth-order valence-corrected chi connectivity index (χ4v) is 3.35. The van der Waals surface area contributed by atoms with Crippen LogP contribution in [-0.2, 0) is 13.2 Å². The van der Waals surface area contributed by atoms with Crippen molar-refractivity contribution in [1.29, 1.82) is 0 Å². The highest BCUT2D eigenvalue weighted by Crippen LogP contribution is 2.37. The lowest BCUT2D eigenvalue weighted by molar-refractivity contribution is 0.282. The highest BCUT2D eigenvalue weighted by molar-refractivity contribution is 9.10. The smallest absolute Gasteiger partial charge is 0.175 e. The van der Waals surface area contributed by atoms with E-state index in [-0.39, 0.29) is 6.61 Å². The number of hydrogen-bond donors (Lipinski definition) is 3. The van der Waals surface area contributed by atoms with Crippen molar-refractivity contribution in [1.82, 2.24) is 10.6 Å². The quantitative estimate of drug-likeness (QED) is 0.445. The van der Waals surface area contributed by atoms with E-state index >= 15 is 0 Å². The van der Waals surface area contributed by atoms with Crippen molar-refractivity contribution >= 4 is 15.9 Å². The van der Waals surface area contributed by atoms with Gasteiger partial charge in [-0.25, -0.2) is 0 Å². The number of aliphatic hydroxyl groups is 1. The van der Waals surface area contributed by atoms with Gasteiger partial charge in [-0.15, -0.1) is 0 Å². The molecule has 0 atom stereocenters. The Morgan fingerprint density at radius 3 is 2.59 bits per heavy atom. The van der Waals surface area contributed by atoms with Gasteiger partial charge in [-0.1, -0.05) is 29.8 Å². The summed E-state index contributed by atoms with van der Waals surface area (Å²) in [5.41, 5.74) is 3.48. The van der Waals surface area contributed by atoms with Gasteiger partial charge in [0.15, 0.2) is 11.5 Å². The van der Waals surface area contributed by atoms with E-state index in [1.165, 1.54) is 5.56 Å². The number of halogens is 1. The maximum atomic E-state index is 8.73. The van der Waals surface area contributed by atoms with Gasteiger partial charge < -0.3 is 25.2 Å². The van der Waals surface area contributed by atoms with Crippen LogP contribution in [0.1, 0.15) is 23.1 Å². The fraction of sp³-hybridized carbons (Fsp3) is 0.429. The van der Waals surface area contributed by atoms with Crippen LogP contribution in [0.4, 0.5) is 0 Å². The summed E-state index contributed by atoms with van der Waals surface area (Å²) >= 11 is 3.61. The summed E-state index contributed by atoms with van der Waals surface area (Å²) < 4.78 is 12.4. The third-order valence-electron chi connectivity index (χ3n) is 4.08. The molecule has 0 heterocycles. The van der Waals surface area contributed by atoms with Crippen LogP contribution in [0.15, 0.2) is 40.9 Å². The lowest BCUT2D eigenvalue weighted by atomic mass is 10.1. The van der Waals surface area contributed by atoms with Crippen LogP contribution in [0, 0.1) is 6.92 Å². The van der Waals surface area contributed by atoms with Gasteiger partial charge in [0, 0.05) is 13.1 Å². The highest BCUT2D eigenvalue weighted by atomic mass is 79.9. The van der Waals surface area contributed by atoms with Crippen molar-refractivity contribution < 1.29 is 14.6 Å². The van der Waals surface area contributed by atoms with Crippen LogP contribution in [-0.4, -0.2) is 38.5 Å². The van der Waals surface area contributed by atoms with E-state index in [1.54, 1.807) is 7.11 Å². The number of aryl methyl sites for hydroxylation is 1. The van der Waals surface area contributed by atoms with Gasteiger partial charge in [-0.05, 0) is 65.6 Å². The van der Waals surface area contributed by atoms with E-state index < -0.39 is 0 Å². The first-order valence-corrected chi connectivity index (χ1v) is 10.0. The van der Waals surface area contributed by atoms with E-state index in [1.807, 2.05) is 12.1 Å². The maximum absolute atomic E-state index is 8.73. The molecule has 0 bridgehead atoms. The number of nitrogens with one attached hydrogen (secondary N) is 2. The predicted molar refractivity (Wildman–Crippen MR) is 112 cm³/mol. The normalized spacial score (nSPS) is 10.8. The van der Waals surface area contributed by atoms with Gasteiger partial charge in [-0.2, -0.15) is 0 Å². The molecule has 0 aliphatic heterocycles. The van der Waals surface area contributed by atoms with Crippen molar-refractivity contribution in [2.45, 2.75) is 26.5 Å². The summed E-state index contributed by atoms with van der Waals surface area (Å²) in [5.74, 6) is 1.44. The molecule has 0 aliphatic carbocycles. The first kappa shape index (κ1) is 21.7. The lowest BCUT2D eigenvalue weighted by Crippen LogP contribution is -2.23. The summed E-state index contributed by atoms with van der Waals surface area (Å²) in [7, 11) is 1.66. The van der Waals surface area contributed by atoms with Gasteiger partial charge in [0.25, 0.3) is 0 Å². The van der Waals surface area contributed by atoms with Crippen LogP contribution in [0.5, 0.6) is 11.5 Å². The molecular weight excluding hydrogens is 408 g/mol. The molecule has 2 aromatic rings. The summed E-state index contributed by atoms with van der Waals surface area (Å²) in [6.45, 7) is 5.96. The number of rotatable bonds is 12. The average Bonchev–Trinajstić information content (AvgIpc) is 2.66. The van der Waals surface area contributed by atoms with E-state index in [2.05, 4.69) is 57.8 Å². The molecule has 2 aromatic carbocycles. The summed E-state index contributed by atoms with van der Waals surface area (Å²) in [4.78, 5) is 0. The second-order valence-corrected chi connectivity index (χ2v) is 7.25. The number of hydrogen-bond acceptors (Lipinski definition) is 5. The zero-order valence-corrected chi connectivity index (χ0v) is 17.6. The molecule has 0 aliphatic rings. The van der Waals surface area contributed by atoms with Crippen molar-refractivity contribution in [3.8, 4) is 11.5 Å². The lowest BCUT2D eigenvalue weighted by Gasteiger charge is -2.15. The number of aliphatic hydroxyl groups excluding tert-OH is 1.